The number of ether oxygens (including phenoxy) is 1. The number of phenols is 2. The molecule has 10 nitrogen and oxygen atoms in total. The molecular formula is C39H44N2O8S2. The number of phenolic OH excluding ortho intramolecular Hbond substituents is 2. The van der Waals surface area contributed by atoms with Crippen LogP contribution in [0.15, 0.2) is 107 Å². The van der Waals surface area contributed by atoms with Gasteiger partial charge in [0.15, 0.2) is 0 Å². The van der Waals surface area contributed by atoms with Gasteiger partial charge in [0.25, 0.3) is 0 Å². The lowest BCUT2D eigenvalue weighted by Crippen LogP contribution is -2.27. The molecule has 0 spiro atoms. The van der Waals surface area contributed by atoms with Crippen molar-refractivity contribution in [2.24, 2.45) is 0 Å². The van der Waals surface area contributed by atoms with Gasteiger partial charge in [-0.3, -0.25) is 9.59 Å². The first-order valence-corrected chi connectivity index (χ1v) is 18.2. The first-order chi connectivity index (χ1) is 24.5. The Morgan fingerprint density at radius 2 is 1.00 bits per heavy atom. The fraction of sp³-hybridized carbons (Fsp3) is 0.282. The number of hydrogen-bond donors (Lipinski definition) is 3. The van der Waals surface area contributed by atoms with Crippen LogP contribution >= 0.6 is 23.5 Å². The smallest absolute Gasteiger partial charge is 0.338 e. The summed E-state index contributed by atoms with van der Waals surface area (Å²) in [5, 5.41) is 27.7. The predicted molar refractivity (Wildman–Crippen MR) is 200 cm³/mol. The number of methoxy groups -OCH3 is 1. The molecule has 2 amide bonds. The van der Waals surface area contributed by atoms with Gasteiger partial charge in [0.2, 0.25) is 11.8 Å². The molecule has 4 aromatic carbocycles. The lowest BCUT2D eigenvalue weighted by Gasteiger charge is -2.18. The summed E-state index contributed by atoms with van der Waals surface area (Å²) in [6.45, 7) is 0.654. The molecule has 12 heteroatoms. The molecule has 0 fully saturated rings. The Morgan fingerprint density at radius 3 is 1.41 bits per heavy atom. The Labute approximate surface area is 307 Å². The minimum absolute atomic E-state index is 0.00787. The van der Waals surface area contributed by atoms with Crippen LogP contribution in [-0.4, -0.2) is 81.6 Å². The molecule has 51 heavy (non-hydrogen) atoms. The summed E-state index contributed by atoms with van der Waals surface area (Å²) < 4.78 is 4.79. The molecule has 0 heterocycles. The third-order valence-corrected chi connectivity index (χ3v) is 9.81. The Kier molecular flexibility index (Phi) is 16.9. The van der Waals surface area contributed by atoms with E-state index in [4.69, 9.17) is 4.74 Å². The van der Waals surface area contributed by atoms with E-state index in [0.717, 1.165) is 39.7 Å². The van der Waals surface area contributed by atoms with Gasteiger partial charge in [-0.2, -0.15) is 0 Å². The summed E-state index contributed by atoms with van der Waals surface area (Å²) in [7, 11) is 4.78. The number of aromatic carboxylic acids is 1. The highest BCUT2D eigenvalue weighted by Crippen LogP contribution is 2.23. The normalized spacial score (nSPS) is 10.4. The fourth-order valence-corrected chi connectivity index (χ4v) is 6.52. The lowest BCUT2D eigenvalue weighted by molar-refractivity contribution is -0.131. The van der Waals surface area contributed by atoms with E-state index in [0.29, 0.717) is 30.5 Å². The lowest BCUT2D eigenvalue weighted by atomic mass is 10.1. The van der Waals surface area contributed by atoms with E-state index in [1.54, 1.807) is 108 Å². The second-order valence-electron chi connectivity index (χ2n) is 11.5. The van der Waals surface area contributed by atoms with Crippen molar-refractivity contribution >= 4 is 47.3 Å². The largest absolute Gasteiger partial charge is 0.508 e. The van der Waals surface area contributed by atoms with Crippen LogP contribution in [0.5, 0.6) is 11.5 Å². The van der Waals surface area contributed by atoms with Gasteiger partial charge in [0, 0.05) is 49.8 Å². The third-order valence-electron chi connectivity index (χ3n) is 7.62. The molecule has 0 saturated heterocycles. The first kappa shape index (κ1) is 40.5. The number of rotatable bonds is 16. The van der Waals surface area contributed by atoms with E-state index < -0.39 is 11.9 Å². The monoisotopic (exact) mass is 732 g/mol. The van der Waals surface area contributed by atoms with E-state index in [9.17, 15) is 34.5 Å². The van der Waals surface area contributed by atoms with Gasteiger partial charge in [-0.05, 0) is 96.1 Å². The Hall–Kier alpha value is -4.94. The van der Waals surface area contributed by atoms with Crippen molar-refractivity contribution < 1.29 is 39.2 Å². The second-order valence-corrected chi connectivity index (χ2v) is 13.8. The van der Waals surface area contributed by atoms with Gasteiger partial charge in [-0.15, -0.1) is 23.5 Å². The van der Waals surface area contributed by atoms with Crippen molar-refractivity contribution in [3.63, 3.8) is 0 Å². The molecule has 4 rings (SSSR count). The average Bonchev–Trinajstić information content (AvgIpc) is 3.13. The molecule has 0 saturated carbocycles. The topological polar surface area (TPSA) is 145 Å². The molecule has 3 N–H and O–H groups in total. The SMILES string of the molecule is CN(Cc1ccccc1C(=O)O)C(=O)CCCSc1ccc(O)cc1.COC(=O)c1ccccc1CN(C)C(=O)CCCSc1ccc(O)cc1. The highest BCUT2D eigenvalue weighted by molar-refractivity contribution is 7.99. The minimum atomic E-state index is -0.984. The van der Waals surface area contributed by atoms with E-state index in [1.165, 1.54) is 7.11 Å². The molecular weight excluding hydrogens is 689 g/mol. The Bertz CT molecular complexity index is 1730. The fourth-order valence-electron chi connectivity index (χ4n) is 4.81. The first-order valence-electron chi connectivity index (χ1n) is 16.3. The van der Waals surface area contributed by atoms with Crippen molar-refractivity contribution in [2.75, 3.05) is 32.7 Å². The summed E-state index contributed by atoms with van der Waals surface area (Å²) in [5.41, 5.74) is 2.11. The van der Waals surface area contributed by atoms with E-state index in [1.807, 2.05) is 36.4 Å². The quantitative estimate of drug-likeness (QED) is 0.0609. The van der Waals surface area contributed by atoms with Crippen LogP contribution in [0.4, 0.5) is 0 Å². The van der Waals surface area contributed by atoms with Crippen LogP contribution in [0.3, 0.4) is 0 Å². The minimum Gasteiger partial charge on any atom is -0.508 e. The number of amides is 2. The number of thioether (sulfide) groups is 2. The van der Waals surface area contributed by atoms with Crippen molar-refractivity contribution in [2.45, 2.75) is 48.6 Å². The van der Waals surface area contributed by atoms with Crippen molar-refractivity contribution in [3.8, 4) is 11.5 Å². The number of hydrogen-bond acceptors (Lipinski definition) is 9. The summed E-state index contributed by atoms with van der Waals surface area (Å²) in [6.07, 6.45) is 2.35. The van der Waals surface area contributed by atoms with Crippen LogP contribution in [0.1, 0.15) is 57.5 Å². The predicted octanol–water partition coefficient (Wildman–Crippen LogP) is 7.33. The molecule has 0 radical (unpaired) electrons. The molecule has 0 aliphatic carbocycles. The highest BCUT2D eigenvalue weighted by Gasteiger charge is 2.16. The number of carbonyl (C=O) groups is 4. The number of carboxylic acid groups (broad SMARTS) is 1. The third kappa shape index (κ3) is 14.1. The molecule has 0 aromatic heterocycles. The maximum atomic E-state index is 12.3. The standard InChI is InChI=1S/C20H23NO4S.C19H21NO4S/c1-21(14-15-6-3-4-7-18(15)20(24)25-2)19(23)8-5-13-26-17-11-9-16(22)10-12-17;1-20(13-14-5-2-3-6-17(14)19(23)24)18(22)7-4-12-25-16-10-8-15(21)9-11-16/h3-4,6-7,9-12,22H,5,8,13-14H2,1-2H3;2-3,5-6,8-11,21H,4,7,12-13H2,1H3,(H,23,24). The second kappa shape index (κ2) is 21.3. The average molecular weight is 733 g/mol. The van der Waals surface area contributed by atoms with Crippen molar-refractivity contribution in [1.82, 2.24) is 9.80 Å². The maximum Gasteiger partial charge on any atom is 0.338 e. The van der Waals surface area contributed by atoms with Gasteiger partial charge >= 0.3 is 11.9 Å². The number of carbonyl (C=O) groups excluding carboxylic acids is 3. The number of carboxylic acids is 1. The molecule has 0 aliphatic heterocycles. The Morgan fingerprint density at radius 1 is 0.608 bits per heavy atom. The van der Waals surface area contributed by atoms with Crippen LogP contribution in [-0.2, 0) is 27.4 Å². The van der Waals surface area contributed by atoms with Crippen LogP contribution in [0.25, 0.3) is 0 Å². The number of esters is 1. The van der Waals surface area contributed by atoms with Gasteiger partial charge in [0.05, 0.1) is 18.2 Å². The molecule has 0 bridgehead atoms. The molecule has 0 atom stereocenters. The van der Waals surface area contributed by atoms with E-state index in [-0.39, 0.29) is 35.4 Å². The van der Waals surface area contributed by atoms with E-state index >= 15 is 0 Å². The van der Waals surface area contributed by atoms with Gasteiger partial charge in [-0.25, -0.2) is 9.59 Å². The van der Waals surface area contributed by atoms with Crippen molar-refractivity contribution in [1.29, 1.82) is 0 Å². The molecule has 270 valence electrons. The maximum absolute atomic E-state index is 12.3. The van der Waals surface area contributed by atoms with Crippen molar-refractivity contribution in [3.05, 3.63) is 119 Å². The van der Waals surface area contributed by atoms with Gasteiger partial charge in [0.1, 0.15) is 11.5 Å². The molecule has 0 aliphatic rings. The number of benzene rings is 4. The van der Waals surface area contributed by atoms with Crippen LogP contribution < -0.4 is 0 Å². The number of aromatic hydroxyl groups is 2. The van der Waals surface area contributed by atoms with Gasteiger partial charge < -0.3 is 29.9 Å². The van der Waals surface area contributed by atoms with Crippen LogP contribution in [0, 0.1) is 0 Å². The summed E-state index contributed by atoms with van der Waals surface area (Å²) >= 11 is 3.29. The zero-order valence-corrected chi connectivity index (χ0v) is 30.6. The summed E-state index contributed by atoms with van der Waals surface area (Å²) in [5.74, 6) is 0.760. The zero-order chi connectivity index (χ0) is 37.2. The summed E-state index contributed by atoms with van der Waals surface area (Å²) in [4.78, 5) is 52.9. The molecule has 4 aromatic rings. The van der Waals surface area contributed by atoms with Crippen LogP contribution in [0.2, 0.25) is 0 Å². The zero-order valence-electron chi connectivity index (χ0n) is 29.0. The summed E-state index contributed by atoms with van der Waals surface area (Å²) in [6, 6.07) is 27.9. The van der Waals surface area contributed by atoms with Gasteiger partial charge in [-0.1, -0.05) is 36.4 Å². The van der Waals surface area contributed by atoms with E-state index in [2.05, 4.69) is 0 Å². The Balaban J connectivity index is 0.000000276. The molecule has 0 unspecified atom stereocenters. The number of nitrogens with zero attached hydrogens (tertiary/aromatic N) is 2. The highest BCUT2D eigenvalue weighted by atomic mass is 32.2.